The molecule has 16 heavy (non-hydrogen) atoms. The van der Waals surface area contributed by atoms with E-state index in [0.717, 1.165) is 0 Å². The third-order valence-corrected chi connectivity index (χ3v) is 1.89. The first-order valence-corrected chi connectivity index (χ1v) is 3.81. The summed E-state index contributed by atoms with van der Waals surface area (Å²) in [5.41, 5.74) is 2.22. The number of carboxylic acid groups (broad SMARTS) is 2. The number of phenols is 3. The number of rotatable bonds is 2. The van der Waals surface area contributed by atoms with Gasteiger partial charge < -0.3 is 31.3 Å². The molecule has 1 rings (SSSR count). The highest BCUT2D eigenvalue weighted by molar-refractivity contribution is 6.09. The highest BCUT2D eigenvalue weighted by Gasteiger charge is 2.29. The summed E-state index contributed by atoms with van der Waals surface area (Å²) in [6.07, 6.45) is 0. The van der Waals surface area contributed by atoms with Crippen molar-refractivity contribution in [3.8, 4) is 17.2 Å². The van der Waals surface area contributed by atoms with Gasteiger partial charge in [-0.2, -0.15) is 0 Å². The number of aromatic hydroxyl groups is 3. The Morgan fingerprint density at radius 2 is 1.25 bits per heavy atom. The Morgan fingerprint density at radius 1 is 0.812 bits per heavy atom. The van der Waals surface area contributed by atoms with Gasteiger partial charge in [-0.3, -0.25) is 0 Å². The van der Waals surface area contributed by atoms with E-state index in [0.29, 0.717) is 0 Å². The first kappa shape index (κ1) is 11.4. The number of aromatic carboxylic acids is 2. The SMILES string of the molecule is Nc1c(O)c(O)c(O)c(C(=O)O)c1C(=O)O. The van der Waals surface area contributed by atoms with Gasteiger partial charge in [0.15, 0.2) is 11.5 Å². The van der Waals surface area contributed by atoms with Gasteiger partial charge in [-0.05, 0) is 0 Å². The van der Waals surface area contributed by atoms with Gasteiger partial charge in [-0.1, -0.05) is 0 Å². The third kappa shape index (κ3) is 1.41. The number of anilines is 1. The van der Waals surface area contributed by atoms with E-state index in [4.69, 9.17) is 26.2 Å². The fourth-order valence-corrected chi connectivity index (χ4v) is 1.16. The molecule has 0 radical (unpaired) electrons. The Labute approximate surface area is 87.8 Å². The number of benzene rings is 1. The number of hydrogen-bond donors (Lipinski definition) is 6. The van der Waals surface area contributed by atoms with Crippen LogP contribution in [-0.2, 0) is 0 Å². The molecule has 0 bridgehead atoms. The molecule has 0 heterocycles. The monoisotopic (exact) mass is 229 g/mol. The molecule has 0 amide bonds. The van der Waals surface area contributed by atoms with Gasteiger partial charge in [-0.25, -0.2) is 9.59 Å². The number of hydrogen-bond acceptors (Lipinski definition) is 6. The summed E-state index contributed by atoms with van der Waals surface area (Å²) in [6.45, 7) is 0. The van der Waals surface area contributed by atoms with E-state index in [1.54, 1.807) is 0 Å². The van der Waals surface area contributed by atoms with Gasteiger partial charge in [0.2, 0.25) is 5.75 Å². The van der Waals surface area contributed by atoms with Crippen LogP contribution >= 0.6 is 0 Å². The maximum absolute atomic E-state index is 10.7. The van der Waals surface area contributed by atoms with Crippen LogP contribution in [0, 0.1) is 0 Å². The maximum Gasteiger partial charge on any atom is 0.340 e. The molecule has 8 nitrogen and oxygen atoms in total. The van der Waals surface area contributed by atoms with E-state index in [1.807, 2.05) is 0 Å². The lowest BCUT2D eigenvalue weighted by Crippen LogP contribution is -2.12. The lowest BCUT2D eigenvalue weighted by molar-refractivity contribution is 0.0648. The molecule has 0 aliphatic carbocycles. The summed E-state index contributed by atoms with van der Waals surface area (Å²) in [7, 11) is 0. The Balaban J connectivity index is 3.83. The minimum Gasteiger partial charge on any atom is -0.504 e. The van der Waals surface area contributed by atoms with Crippen molar-refractivity contribution in [3.63, 3.8) is 0 Å². The molecule has 0 atom stereocenters. The summed E-state index contributed by atoms with van der Waals surface area (Å²) in [5, 5.41) is 44.8. The quantitative estimate of drug-likeness (QED) is 0.230. The summed E-state index contributed by atoms with van der Waals surface area (Å²) >= 11 is 0. The van der Waals surface area contributed by atoms with Crippen molar-refractivity contribution in [2.75, 3.05) is 5.73 Å². The fraction of sp³-hybridized carbons (Fsp3) is 0. The average molecular weight is 229 g/mol. The fourth-order valence-electron chi connectivity index (χ4n) is 1.16. The van der Waals surface area contributed by atoms with Crippen LogP contribution in [0.25, 0.3) is 0 Å². The van der Waals surface area contributed by atoms with Crippen LogP contribution in [0.4, 0.5) is 5.69 Å². The van der Waals surface area contributed by atoms with E-state index >= 15 is 0 Å². The Bertz CT molecular complexity index is 449. The minimum absolute atomic E-state index is 0.833. The molecule has 0 saturated heterocycles. The zero-order valence-corrected chi connectivity index (χ0v) is 7.63. The van der Waals surface area contributed by atoms with Gasteiger partial charge in [0, 0.05) is 0 Å². The van der Waals surface area contributed by atoms with Crippen LogP contribution < -0.4 is 5.73 Å². The van der Waals surface area contributed by atoms with Crippen molar-refractivity contribution in [2.24, 2.45) is 0 Å². The number of carboxylic acids is 2. The first-order valence-electron chi connectivity index (χ1n) is 3.81. The second kappa shape index (κ2) is 3.50. The van der Waals surface area contributed by atoms with Crippen molar-refractivity contribution < 1.29 is 35.1 Å². The van der Waals surface area contributed by atoms with Gasteiger partial charge in [0.25, 0.3) is 0 Å². The van der Waals surface area contributed by atoms with E-state index in [2.05, 4.69) is 0 Å². The van der Waals surface area contributed by atoms with E-state index < -0.39 is 46.0 Å². The lowest BCUT2D eigenvalue weighted by Gasteiger charge is -2.11. The molecule has 0 spiro atoms. The van der Waals surface area contributed by atoms with E-state index in [1.165, 1.54) is 0 Å². The minimum atomic E-state index is -1.79. The summed E-state index contributed by atoms with van der Waals surface area (Å²) in [6, 6.07) is 0. The molecule has 0 aliphatic rings. The smallest absolute Gasteiger partial charge is 0.340 e. The Hall–Kier alpha value is -2.64. The molecule has 86 valence electrons. The third-order valence-electron chi connectivity index (χ3n) is 1.89. The van der Waals surface area contributed by atoms with Crippen LogP contribution in [0.5, 0.6) is 17.2 Å². The summed E-state index contributed by atoms with van der Waals surface area (Å²) in [5.74, 6) is -7.06. The first-order chi connectivity index (χ1) is 7.29. The molecular weight excluding hydrogens is 222 g/mol. The zero-order chi connectivity index (χ0) is 12.6. The van der Waals surface area contributed by atoms with Gasteiger partial charge >= 0.3 is 11.9 Å². The standard InChI is InChI=1S/C8H7NO7/c9-3-1(7(13)14)2(8(15)16)4(10)6(12)5(3)11/h10-12H,9H2,(H,13,14)(H,15,16). The predicted molar refractivity (Wildman–Crippen MR) is 49.8 cm³/mol. The molecule has 0 aromatic heterocycles. The Morgan fingerprint density at radius 3 is 1.62 bits per heavy atom. The van der Waals surface area contributed by atoms with Crippen molar-refractivity contribution in [1.29, 1.82) is 0 Å². The lowest BCUT2D eigenvalue weighted by atomic mass is 10.0. The highest BCUT2D eigenvalue weighted by atomic mass is 16.4. The largest absolute Gasteiger partial charge is 0.504 e. The van der Waals surface area contributed by atoms with Gasteiger partial charge in [0.1, 0.15) is 11.1 Å². The predicted octanol–water partition coefficient (Wildman–Crippen LogP) is -0.218. The van der Waals surface area contributed by atoms with E-state index in [9.17, 15) is 14.7 Å². The van der Waals surface area contributed by atoms with Crippen molar-refractivity contribution in [1.82, 2.24) is 0 Å². The van der Waals surface area contributed by atoms with Crippen LogP contribution in [0.15, 0.2) is 0 Å². The second-order valence-electron chi connectivity index (χ2n) is 2.82. The molecule has 1 aromatic rings. The van der Waals surface area contributed by atoms with Gasteiger partial charge in [0.05, 0.1) is 5.69 Å². The van der Waals surface area contributed by atoms with Crippen molar-refractivity contribution >= 4 is 17.6 Å². The average Bonchev–Trinajstić information content (AvgIpc) is 2.18. The van der Waals surface area contributed by atoms with Crippen LogP contribution in [0.1, 0.15) is 20.7 Å². The number of nitrogens with two attached hydrogens (primary N) is 1. The molecule has 0 aliphatic heterocycles. The topological polar surface area (TPSA) is 161 Å². The zero-order valence-electron chi connectivity index (χ0n) is 7.63. The summed E-state index contributed by atoms with van der Waals surface area (Å²) < 4.78 is 0. The second-order valence-corrected chi connectivity index (χ2v) is 2.82. The molecule has 7 N–H and O–H groups in total. The molecule has 1 aromatic carbocycles. The van der Waals surface area contributed by atoms with Crippen LogP contribution in [-0.4, -0.2) is 37.5 Å². The van der Waals surface area contributed by atoms with Crippen LogP contribution in [0.3, 0.4) is 0 Å². The normalized spacial score (nSPS) is 10.0. The molecule has 8 heteroatoms. The van der Waals surface area contributed by atoms with Gasteiger partial charge in [-0.15, -0.1) is 0 Å². The number of phenolic OH excluding ortho intramolecular Hbond substituents is 2. The molecular formula is C8H7NO7. The number of nitrogen functional groups attached to an aromatic ring is 1. The molecule has 0 saturated carbocycles. The molecule has 0 unspecified atom stereocenters. The molecule has 0 fully saturated rings. The Kier molecular flexibility index (Phi) is 2.50. The number of carbonyl (C=O) groups is 2. The van der Waals surface area contributed by atoms with Crippen molar-refractivity contribution in [3.05, 3.63) is 11.1 Å². The van der Waals surface area contributed by atoms with E-state index in [-0.39, 0.29) is 0 Å². The maximum atomic E-state index is 10.7. The van der Waals surface area contributed by atoms with Crippen LogP contribution in [0.2, 0.25) is 0 Å². The highest BCUT2D eigenvalue weighted by Crippen LogP contribution is 2.44. The summed E-state index contributed by atoms with van der Waals surface area (Å²) in [4.78, 5) is 21.4. The van der Waals surface area contributed by atoms with Crippen molar-refractivity contribution in [2.45, 2.75) is 0 Å².